The molecule has 1 aromatic carbocycles. The molecule has 1 amide bonds. The number of alkyl halides is 3. The lowest BCUT2D eigenvalue weighted by atomic mass is 10.1. The third-order valence-corrected chi connectivity index (χ3v) is 4.90. The molecule has 0 spiro atoms. The van der Waals surface area contributed by atoms with Gasteiger partial charge in [-0.15, -0.1) is 0 Å². The van der Waals surface area contributed by atoms with Crippen molar-refractivity contribution >= 4 is 33.5 Å². The zero-order valence-electron chi connectivity index (χ0n) is 17.3. The van der Waals surface area contributed by atoms with E-state index in [1.54, 1.807) is 19.9 Å². The first-order valence-corrected chi connectivity index (χ1v) is 10.3. The number of anilines is 1. The molecule has 0 atom stereocenters. The normalized spacial score (nSPS) is 11.4. The SMILES string of the molecule is CC(C)N(C(=O)c1ccc(Br)cn1)c1ccc(Oc2ncccc2C(F)(F)F)cc1C(=O)O. The van der Waals surface area contributed by atoms with Crippen molar-refractivity contribution in [1.29, 1.82) is 0 Å². The molecular formula is C22H17BrF3N3O4. The summed E-state index contributed by atoms with van der Waals surface area (Å²) in [6, 6.07) is 8.19. The number of carbonyl (C=O) groups is 2. The van der Waals surface area contributed by atoms with Crippen LogP contribution in [0, 0.1) is 0 Å². The molecule has 0 aliphatic heterocycles. The van der Waals surface area contributed by atoms with Crippen LogP contribution in [0.25, 0.3) is 0 Å². The Labute approximate surface area is 195 Å². The van der Waals surface area contributed by atoms with Crippen LogP contribution < -0.4 is 9.64 Å². The van der Waals surface area contributed by atoms with Gasteiger partial charge < -0.3 is 14.7 Å². The van der Waals surface area contributed by atoms with Gasteiger partial charge in [-0.05, 0) is 72.2 Å². The Balaban J connectivity index is 2.03. The summed E-state index contributed by atoms with van der Waals surface area (Å²) >= 11 is 3.23. The van der Waals surface area contributed by atoms with Crippen LogP contribution in [0.4, 0.5) is 18.9 Å². The predicted molar refractivity (Wildman–Crippen MR) is 117 cm³/mol. The lowest BCUT2D eigenvalue weighted by Gasteiger charge is -2.28. The lowest BCUT2D eigenvalue weighted by Crippen LogP contribution is -2.38. The van der Waals surface area contributed by atoms with Crippen molar-refractivity contribution in [2.45, 2.75) is 26.1 Å². The van der Waals surface area contributed by atoms with Gasteiger partial charge in [0.1, 0.15) is 17.0 Å². The minimum absolute atomic E-state index is 0.0386. The van der Waals surface area contributed by atoms with E-state index < -0.39 is 35.5 Å². The van der Waals surface area contributed by atoms with E-state index in [0.717, 1.165) is 24.4 Å². The smallest absolute Gasteiger partial charge is 0.421 e. The zero-order chi connectivity index (χ0) is 24.3. The van der Waals surface area contributed by atoms with E-state index in [0.29, 0.717) is 4.47 Å². The molecule has 7 nitrogen and oxygen atoms in total. The van der Waals surface area contributed by atoms with E-state index in [9.17, 15) is 27.9 Å². The second kappa shape index (κ2) is 9.57. The van der Waals surface area contributed by atoms with E-state index >= 15 is 0 Å². The minimum Gasteiger partial charge on any atom is -0.478 e. The lowest BCUT2D eigenvalue weighted by molar-refractivity contribution is -0.138. The van der Waals surface area contributed by atoms with E-state index in [2.05, 4.69) is 25.9 Å². The summed E-state index contributed by atoms with van der Waals surface area (Å²) in [5.41, 5.74) is -1.31. The summed E-state index contributed by atoms with van der Waals surface area (Å²) in [5, 5.41) is 9.75. The van der Waals surface area contributed by atoms with E-state index in [1.165, 1.54) is 29.3 Å². The molecule has 172 valence electrons. The number of nitrogens with zero attached hydrogens (tertiary/aromatic N) is 3. The standard InChI is InChI=1S/C22H17BrF3N3O4/c1-12(2)29(20(30)17-7-5-13(23)11-28-17)18-8-6-14(10-15(18)21(31)32)33-19-16(22(24,25)26)4-3-9-27-19/h3-12H,1-2H3,(H,31,32). The first-order valence-electron chi connectivity index (χ1n) is 9.51. The average Bonchev–Trinajstić information content (AvgIpc) is 2.74. The van der Waals surface area contributed by atoms with Gasteiger partial charge >= 0.3 is 12.1 Å². The molecule has 3 aromatic rings. The van der Waals surface area contributed by atoms with Crippen LogP contribution in [0.15, 0.2) is 59.3 Å². The fraction of sp³-hybridized carbons (Fsp3) is 0.182. The number of hydrogen-bond donors (Lipinski definition) is 1. The van der Waals surface area contributed by atoms with Crippen molar-refractivity contribution in [3.05, 3.63) is 76.2 Å². The van der Waals surface area contributed by atoms with E-state index in [-0.39, 0.29) is 22.7 Å². The molecule has 0 unspecified atom stereocenters. The van der Waals surface area contributed by atoms with Gasteiger partial charge in [-0.2, -0.15) is 13.2 Å². The molecule has 0 bridgehead atoms. The second-order valence-corrected chi connectivity index (χ2v) is 7.99. The topological polar surface area (TPSA) is 92.6 Å². The van der Waals surface area contributed by atoms with Gasteiger partial charge in [-0.3, -0.25) is 4.79 Å². The molecule has 0 fully saturated rings. The number of amides is 1. The quantitative estimate of drug-likeness (QED) is 0.438. The van der Waals surface area contributed by atoms with Gasteiger partial charge in [0.05, 0.1) is 11.3 Å². The number of aromatic nitrogens is 2. The summed E-state index contributed by atoms with van der Waals surface area (Å²) in [6.45, 7) is 3.38. The van der Waals surface area contributed by atoms with Crippen LogP contribution in [-0.2, 0) is 6.18 Å². The molecular weight excluding hydrogens is 507 g/mol. The van der Waals surface area contributed by atoms with Crippen LogP contribution >= 0.6 is 15.9 Å². The molecule has 1 N–H and O–H groups in total. The Morgan fingerprint density at radius 1 is 1.12 bits per heavy atom. The number of benzene rings is 1. The number of pyridine rings is 2. The third kappa shape index (κ3) is 5.48. The second-order valence-electron chi connectivity index (χ2n) is 7.07. The first-order chi connectivity index (χ1) is 15.5. The van der Waals surface area contributed by atoms with Crippen LogP contribution in [0.2, 0.25) is 0 Å². The predicted octanol–water partition coefficient (Wildman–Crippen LogP) is 5.80. The molecule has 0 aliphatic rings. The van der Waals surface area contributed by atoms with Crippen LogP contribution in [0.1, 0.15) is 40.3 Å². The van der Waals surface area contributed by atoms with Gasteiger partial charge in [0.25, 0.3) is 5.91 Å². The number of hydrogen-bond acceptors (Lipinski definition) is 5. The molecule has 2 aromatic heterocycles. The number of rotatable bonds is 6. The average molecular weight is 524 g/mol. The maximum absolute atomic E-state index is 13.2. The summed E-state index contributed by atoms with van der Waals surface area (Å²) < 4.78 is 45.6. The first kappa shape index (κ1) is 24.2. The maximum atomic E-state index is 13.2. The van der Waals surface area contributed by atoms with Gasteiger partial charge in [0.2, 0.25) is 5.88 Å². The fourth-order valence-corrected chi connectivity index (χ4v) is 3.24. The van der Waals surface area contributed by atoms with Crippen LogP contribution in [-0.4, -0.2) is 33.0 Å². The molecule has 0 saturated carbocycles. The van der Waals surface area contributed by atoms with Crippen molar-refractivity contribution in [3.8, 4) is 11.6 Å². The fourth-order valence-electron chi connectivity index (χ4n) is 3.01. The Morgan fingerprint density at radius 3 is 2.42 bits per heavy atom. The highest BCUT2D eigenvalue weighted by molar-refractivity contribution is 9.10. The van der Waals surface area contributed by atoms with Crippen LogP contribution in [0.3, 0.4) is 0 Å². The van der Waals surface area contributed by atoms with Gasteiger partial charge in [0.15, 0.2) is 0 Å². The molecule has 2 heterocycles. The number of carboxylic acids is 1. The Hall–Kier alpha value is -3.47. The largest absolute Gasteiger partial charge is 0.478 e. The number of ether oxygens (including phenoxy) is 1. The van der Waals surface area contributed by atoms with Gasteiger partial charge in [-0.25, -0.2) is 14.8 Å². The monoisotopic (exact) mass is 523 g/mol. The minimum atomic E-state index is -4.71. The third-order valence-electron chi connectivity index (χ3n) is 4.43. The van der Waals surface area contributed by atoms with Crippen molar-refractivity contribution < 1.29 is 32.6 Å². The Morgan fingerprint density at radius 2 is 1.85 bits per heavy atom. The molecule has 33 heavy (non-hydrogen) atoms. The molecule has 3 rings (SSSR count). The van der Waals surface area contributed by atoms with Gasteiger partial charge in [-0.1, -0.05) is 0 Å². The Kier molecular flexibility index (Phi) is 7.01. The number of halogens is 4. The van der Waals surface area contributed by atoms with Crippen LogP contribution in [0.5, 0.6) is 11.6 Å². The van der Waals surface area contributed by atoms with Crippen molar-refractivity contribution in [2.75, 3.05) is 4.90 Å². The van der Waals surface area contributed by atoms with Crippen molar-refractivity contribution in [3.63, 3.8) is 0 Å². The van der Waals surface area contributed by atoms with Crippen molar-refractivity contribution in [2.24, 2.45) is 0 Å². The summed E-state index contributed by atoms with van der Waals surface area (Å²) in [4.78, 5) is 34.0. The van der Waals surface area contributed by atoms with E-state index in [1.807, 2.05) is 0 Å². The zero-order valence-corrected chi connectivity index (χ0v) is 18.9. The Bertz CT molecular complexity index is 1180. The molecule has 11 heteroatoms. The summed E-state index contributed by atoms with van der Waals surface area (Å²) in [6.07, 6.45) is -2.15. The van der Waals surface area contributed by atoms with E-state index in [4.69, 9.17) is 4.74 Å². The number of aromatic carboxylic acids is 1. The number of carbonyl (C=O) groups excluding carboxylic acids is 1. The van der Waals surface area contributed by atoms with Crippen molar-refractivity contribution in [1.82, 2.24) is 9.97 Å². The summed E-state index contributed by atoms with van der Waals surface area (Å²) in [7, 11) is 0. The highest BCUT2D eigenvalue weighted by Crippen LogP contribution is 2.37. The summed E-state index contributed by atoms with van der Waals surface area (Å²) in [5.74, 6) is -2.84. The highest BCUT2D eigenvalue weighted by Gasteiger charge is 2.35. The van der Waals surface area contributed by atoms with Gasteiger partial charge in [0, 0.05) is 22.9 Å². The highest BCUT2D eigenvalue weighted by atomic mass is 79.9. The molecule has 0 saturated heterocycles. The molecule has 0 radical (unpaired) electrons. The number of carboxylic acid groups (broad SMARTS) is 1. The maximum Gasteiger partial charge on any atom is 0.421 e. The molecule has 0 aliphatic carbocycles.